The second-order valence-electron chi connectivity index (χ2n) is 6.17. The van der Waals surface area contributed by atoms with Crippen molar-refractivity contribution in [2.75, 3.05) is 0 Å². The lowest BCUT2D eigenvalue weighted by molar-refractivity contribution is 0.122. The van der Waals surface area contributed by atoms with E-state index in [2.05, 4.69) is 31.1 Å². The third-order valence-electron chi connectivity index (χ3n) is 3.76. The molecule has 1 aliphatic rings. The van der Waals surface area contributed by atoms with Gasteiger partial charge in [0.15, 0.2) is 0 Å². The minimum Gasteiger partial charge on any atom is -0.474 e. The molecule has 1 heterocycles. The van der Waals surface area contributed by atoms with Gasteiger partial charge >= 0.3 is 0 Å². The van der Waals surface area contributed by atoms with Crippen molar-refractivity contribution in [3.63, 3.8) is 0 Å². The van der Waals surface area contributed by atoms with E-state index in [0.717, 1.165) is 18.4 Å². The number of pyridine rings is 1. The number of rotatable bonds is 5. The lowest BCUT2D eigenvalue weighted by atomic mass is 9.89. The van der Waals surface area contributed by atoms with Crippen molar-refractivity contribution in [2.24, 2.45) is 5.92 Å². The van der Waals surface area contributed by atoms with Crippen molar-refractivity contribution >= 4 is 0 Å². The summed E-state index contributed by atoms with van der Waals surface area (Å²) in [7, 11) is 0. The molecule has 0 saturated heterocycles. The maximum absolute atomic E-state index is 13.4. The highest BCUT2D eigenvalue weighted by molar-refractivity contribution is 5.26. The number of hydrogen-bond acceptors (Lipinski definition) is 3. The summed E-state index contributed by atoms with van der Waals surface area (Å²) in [5.74, 6) is 0.972. The standard InChI is InChI=1S/C16H25FN2O/c1-11(2)18-9-13-8-14(17)10-19-16(13)20-15-6-4-5-12(3)7-15/h8,10-12,15,18H,4-7,9H2,1-3H3. The molecule has 112 valence electrons. The molecule has 3 nitrogen and oxygen atoms in total. The Morgan fingerprint density at radius 3 is 2.95 bits per heavy atom. The van der Waals surface area contributed by atoms with Crippen LogP contribution in [-0.4, -0.2) is 17.1 Å². The molecule has 20 heavy (non-hydrogen) atoms. The topological polar surface area (TPSA) is 34.1 Å². The highest BCUT2D eigenvalue weighted by Crippen LogP contribution is 2.28. The van der Waals surface area contributed by atoms with Gasteiger partial charge in [-0.05, 0) is 31.2 Å². The summed E-state index contributed by atoms with van der Waals surface area (Å²) >= 11 is 0. The van der Waals surface area contributed by atoms with E-state index < -0.39 is 0 Å². The quantitative estimate of drug-likeness (QED) is 0.893. The zero-order chi connectivity index (χ0) is 14.5. The van der Waals surface area contributed by atoms with Crippen molar-refractivity contribution in [2.45, 2.75) is 65.1 Å². The summed E-state index contributed by atoms with van der Waals surface area (Å²) in [5.41, 5.74) is 0.803. The zero-order valence-corrected chi connectivity index (χ0v) is 12.7. The summed E-state index contributed by atoms with van der Waals surface area (Å²) < 4.78 is 19.4. The summed E-state index contributed by atoms with van der Waals surface area (Å²) in [4.78, 5) is 4.14. The molecule has 1 fully saturated rings. The van der Waals surface area contributed by atoms with Crippen molar-refractivity contribution < 1.29 is 9.13 Å². The second-order valence-corrected chi connectivity index (χ2v) is 6.17. The van der Waals surface area contributed by atoms with Crippen LogP contribution in [0.2, 0.25) is 0 Å². The molecule has 2 rings (SSSR count). The second kappa shape index (κ2) is 7.02. The van der Waals surface area contributed by atoms with E-state index in [-0.39, 0.29) is 11.9 Å². The average molecular weight is 280 g/mol. The average Bonchev–Trinajstić information content (AvgIpc) is 2.39. The summed E-state index contributed by atoms with van der Waals surface area (Å²) in [6.45, 7) is 6.97. The Morgan fingerprint density at radius 2 is 2.25 bits per heavy atom. The number of nitrogens with zero attached hydrogens (tertiary/aromatic N) is 1. The van der Waals surface area contributed by atoms with Crippen LogP contribution >= 0.6 is 0 Å². The van der Waals surface area contributed by atoms with Crippen LogP contribution in [0.4, 0.5) is 4.39 Å². The van der Waals surface area contributed by atoms with E-state index in [9.17, 15) is 4.39 Å². The number of aromatic nitrogens is 1. The van der Waals surface area contributed by atoms with E-state index in [1.54, 1.807) is 0 Å². The molecule has 1 N–H and O–H groups in total. The van der Waals surface area contributed by atoms with Gasteiger partial charge in [-0.3, -0.25) is 0 Å². The van der Waals surface area contributed by atoms with Gasteiger partial charge in [-0.15, -0.1) is 0 Å². The Hall–Kier alpha value is -1.16. The molecule has 2 unspecified atom stereocenters. The SMILES string of the molecule is CC1CCCC(Oc2ncc(F)cc2CNC(C)C)C1. The molecule has 0 radical (unpaired) electrons. The minimum atomic E-state index is -0.310. The van der Waals surface area contributed by atoms with E-state index in [0.29, 0.717) is 24.4 Å². The van der Waals surface area contributed by atoms with Gasteiger partial charge < -0.3 is 10.1 Å². The maximum Gasteiger partial charge on any atom is 0.218 e. The van der Waals surface area contributed by atoms with Gasteiger partial charge in [-0.25, -0.2) is 9.37 Å². The molecule has 4 heteroatoms. The Morgan fingerprint density at radius 1 is 1.45 bits per heavy atom. The first kappa shape index (κ1) is 15.2. The van der Waals surface area contributed by atoms with E-state index >= 15 is 0 Å². The molecule has 0 bridgehead atoms. The van der Waals surface area contributed by atoms with Crippen LogP contribution in [0, 0.1) is 11.7 Å². The predicted molar refractivity (Wildman–Crippen MR) is 78.2 cm³/mol. The summed E-state index contributed by atoms with van der Waals surface area (Å²) in [6.07, 6.45) is 6.07. The monoisotopic (exact) mass is 280 g/mol. The van der Waals surface area contributed by atoms with E-state index in [1.165, 1.54) is 25.1 Å². The minimum absolute atomic E-state index is 0.217. The molecule has 1 saturated carbocycles. The first-order valence-electron chi connectivity index (χ1n) is 7.59. The molecule has 0 aromatic carbocycles. The number of nitrogens with one attached hydrogen (secondary N) is 1. The van der Waals surface area contributed by atoms with Crippen LogP contribution in [0.5, 0.6) is 5.88 Å². The molecule has 1 aliphatic carbocycles. The van der Waals surface area contributed by atoms with Crippen LogP contribution in [0.1, 0.15) is 52.0 Å². The van der Waals surface area contributed by atoms with Gasteiger partial charge in [-0.1, -0.05) is 27.2 Å². The fourth-order valence-corrected chi connectivity index (χ4v) is 2.66. The van der Waals surface area contributed by atoms with Gasteiger partial charge in [0.25, 0.3) is 0 Å². The fourth-order valence-electron chi connectivity index (χ4n) is 2.66. The molecule has 0 amide bonds. The van der Waals surface area contributed by atoms with Gasteiger partial charge in [0, 0.05) is 18.2 Å². The van der Waals surface area contributed by atoms with Crippen molar-refractivity contribution in [3.05, 3.63) is 23.6 Å². The van der Waals surface area contributed by atoms with E-state index in [1.807, 2.05) is 0 Å². The molecular weight excluding hydrogens is 255 g/mol. The molecule has 2 atom stereocenters. The Balaban J connectivity index is 2.05. The van der Waals surface area contributed by atoms with Gasteiger partial charge in [0.1, 0.15) is 11.9 Å². The highest BCUT2D eigenvalue weighted by atomic mass is 19.1. The number of ether oxygens (including phenoxy) is 1. The smallest absolute Gasteiger partial charge is 0.218 e. The van der Waals surface area contributed by atoms with Crippen LogP contribution in [0.25, 0.3) is 0 Å². The molecule has 0 aliphatic heterocycles. The van der Waals surface area contributed by atoms with Crippen molar-refractivity contribution in [3.8, 4) is 5.88 Å². The summed E-state index contributed by atoms with van der Waals surface area (Å²) in [6, 6.07) is 1.87. The Bertz CT molecular complexity index is 436. The third-order valence-corrected chi connectivity index (χ3v) is 3.76. The third kappa shape index (κ3) is 4.44. The lowest BCUT2D eigenvalue weighted by Crippen LogP contribution is -2.26. The van der Waals surface area contributed by atoms with Crippen LogP contribution in [-0.2, 0) is 6.54 Å². The summed E-state index contributed by atoms with van der Waals surface area (Å²) in [5, 5.41) is 3.29. The Kier molecular flexibility index (Phi) is 5.35. The number of halogens is 1. The van der Waals surface area contributed by atoms with Crippen LogP contribution < -0.4 is 10.1 Å². The van der Waals surface area contributed by atoms with Crippen molar-refractivity contribution in [1.82, 2.24) is 10.3 Å². The van der Waals surface area contributed by atoms with Crippen molar-refractivity contribution in [1.29, 1.82) is 0 Å². The maximum atomic E-state index is 13.4. The fraction of sp³-hybridized carbons (Fsp3) is 0.688. The predicted octanol–water partition coefficient (Wildman–Crippen LogP) is 3.68. The normalized spacial score (nSPS) is 23.1. The molecule has 1 aromatic heterocycles. The van der Waals surface area contributed by atoms with E-state index in [4.69, 9.17) is 4.74 Å². The van der Waals surface area contributed by atoms with Gasteiger partial charge in [0.2, 0.25) is 5.88 Å². The Labute approximate surface area is 120 Å². The molecule has 0 spiro atoms. The first-order chi connectivity index (χ1) is 9.54. The van der Waals surface area contributed by atoms with Crippen LogP contribution in [0.15, 0.2) is 12.3 Å². The largest absolute Gasteiger partial charge is 0.474 e. The van der Waals surface area contributed by atoms with Gasteiger partial charge in [0.05, 0.1) is 6.20 Å². The highest BCUT2D eigenvalue weighted by Gasteiger charge is 2.21. The first-order valence-corrected chi connectivity index (χ1v) is 7.59. The lowest BCUT2D eigenvalue weighted by Gasteiger charge is -2.27. The molecular formula is C16H25FN2O. The van der Waals surface area contributed by atoms with Gasteiger partial charge in [-0.2, -0.15) is 0 Å². The molecule has 1 aromatic rings. The zero-order valence-electron chi connectivity index (χ0n) is 12.7. The van der Waals surface area contributed by atoms with Crippen LogP contribution in [0.3, 0.4) is 0 Å². The number of hydrogen-bond donors (Lipinski definition) is 1.